The van der Waals surface area contributed by atoms with Crippen LogP contribution in [0.15, 0.2) is 12.2 Å². The van der Waals surface area contributed by atoms with Crippen LogP contribution in [0, 0.1) is 5.92 Å². The third-order valence-electron chi connectivity index (χ3n) is 3.64. The van der Waals surface area contributed by atoms with E-state index in [1.54, 1.807) is 0 Å². The first-order valence-electron chi connectivity index (χ1n) is 6.57. The topological polar surface area (TPSA) is 70.6 Å². The van der Waals surface area contributed by atoms with E-state index in [1.807, 2.05) is 0 Å². The molecule has 5 nitrogen and oxygen atoms in total. The number of allylic oxidation sites excluding steroid dienone is 1. The van der Waals surface area contributed by atoms with Gasteiger partial charge < -0.3 is 24.7 Å². The second-order valence-electron chi connectivity index (χ2n) is 4.89. The number of nitrogens with one attached hydrogen (secondary N) is 1. The third-order valence-corrected chi connectivity index (χ3v) is 3.64. The van der Waals surface area contributed by atoms with E-state index in [0.29, 0.717) is 26.1 Å². The molecular formula is C13H20NO4-. The molecule has 1 aliphatic carbocycles. The summed E-state index contributed by atoms with van der Waals surface area (Å²) in [6.07, 6.45) is 5.99. The third kappa shape index (κ3) is 3.03. The lowest BCUT2D eigenvalue weighted by molar-refractivity contribution is -0.253. The molecule has 1 saturated carbocycles. The maximum absolute atomic E-state index is 10.7. The van der Waals surface area contributed by atoms with E-state index in [9.17, 15) is 9.90 Å². The first kappa shape index (κ1) is 13.4. The van der Waals surface area contributed by atoms with E-state index < -0.39 is 11.9 Å². The van der Waals surface area contributed by atoms with Crippen molar-refractivity contribution in [2.45, 2.75) is 44.4 Å². The number of rotatable bonds is 3. The molecule has 2 rings (SSSR count). The molecule has 0 aromatic heterocycles. The zero-order chi connectivity index (χ0) is 13.0. The monoisotopic (exact) mass is 254 g/mol. The molecule has 1 aliphatic heterocycles. The van der Waals surface area contributed by atoms with E-state index in [4.69, 9.17) is 9.47 Å². The molecule has 2 atom stereocenters. The lowest BCUT2D eigenvalue weighted by Crippen LogP contribution is -2.52. The molecule has 102 valence electrons. The van der Waals surface area contributed by atoms with Gasteiger partial charge >= 0.3 is 0 Å². The Labute approximate surface area is 107 Å². The minimum atomic E-state index is -1.21. The summed E-state index contributed by atoms with van der Waals surface area (Å²) < 4.78 is 11.4. The number of hydrogen-bond acceptors (Lipinski definition) is 4. The Morgan fingerprint density at radius 3 is 2.83 bits per heavy atom. The fourth-order valence-electron chi connectivity index (χ4n) is 2.80. The lowest BCUT2D eigenvalue weighted by Gasteiger charge is -2.40. The van der Waals surface area contributed by atoms with E-state index in [1.165, 1.54) is 0 Å². The Hall–Kier alpha value is -1.07. The molecule has 2 aliphatic rings. The van der Waals surface area contributed by atoms with Crippen molar-refractivity contribution in [3.8, 4) is 0 Å². The average Bonchev–Trinajstić information content (AvgIpc) is 2.78. The minimum Gasteiger partial charge on any atom is -0.530 e. The highest BCUT2D eigenvalue weighted by atomic mass is 16.7. The molecule has 0 aromatic carbocycles. The first-order chi connectivity index (χ1) is 8.65. The molecule has 2 fully saturated rings. The van der Waals surface area contributed by atoms with Gasteiger partial charge in [-0.2, -0.15) is 0 Å². The van der Waals surface area contributed by atoms with Crippen molar-refractivity contribution >= 4 is 6.09 Å². The van der Waals surface area contributed by atoms with Crippen LogP contribution in [-0.2, 0) is 9.47 Å². The van der Waals surface area contributed by atoms with Gasteiger partial charge in [0.15, 0.2) is 5.79 Å². The largest absolute Gasteiger partial charge is 0.530 e. The van der Waals surface area contributed by atoms with Crippen LogP contribution >= 0.6 is 0 Å². The van der Waals surface area contributed by atoms with Crippen molar-refractivity contribution in [3.05, 3.63) is 12.2 Å². The second kappa shape index (κ2) is 5.71. The standard InChI is InChI=1S/C13H21NO4/c1-2-3-4-10-9-13(17-7-8-18-13)6-5-11(10)14-12(15)16/h3-4,10-11,14H,2,5-9H2,1H3,(H,15,16)/p-1/t10-,11+/m1/s1. The van der Waals surface area contributed by atoms with E-state index >= 15 is 0 Å². The molecule has 18 heavy (non-hydrogen) atoms. The Balaban J connectivity index is 2.04. The molecule has 0 radical (unpaired) electrons. The lowest BCUT2D eigenvalue weighted by atomic mass is 9.80. The molecule has 1 amide bonds. The van der Waals surface area contributed by atoms with Crippen LogP contribution in [0.2, 0.25) is 0 Å². The predicted molar refractivity (Wildman–Crippen MR) is 63.7 cm³/mol. The summed E-state index contributed by atoms with van der Waals surface area (Å²) in [6.45, 7) is 3.31. The number of carboxylic acid groups (broad SMARTS) is 1. The summed E-state index contributed by atoms with van der Waals surface area (Å²) in [5.74, 6) is -0.387. The zero-order valence-electron chi connectivity index (χ0n) is 10.7. The SMILES string of the molecule is CCC=C[C@@H]1CC2(CC[C@@H]1NC(=O)[O-])OCCO2. The second-order valence-corrected chi connectivity index (χ2v) is 4.89. The van der Waals surface area contributed by atoms with Crippen LogP contribution in [0.5, 0.6) is 0 Å². The summed E-state index contributed by atoms with van der Waals surface area (Å²) in [4.78, 5) is 10.7. The molecule has 0 aromatic rings. The van der Waals surface area contributed by atoms with Crippen LogP contribution in [-0.4, -0.2) is 31.1 Å². The van der Waals surface area contributed by atoms with E-state index in [2.05, 4.69) is 24.4 Å². The van der Waals surface area contributed by atoms with E-state index in [0.717, 1.165) is 12.8 Å². The van der Waals surface area contributed by atoms with Crippen molar-refractivity contribution in [2.75, 3.05) is 13.2 Å². The van der Waals surface area contributed by atoms with Gasteiger partial charge in [0.1, 0.15) is 6.09 Å². The van der Waals surface area contributed by atoms with Crippen LogP contribution < -0.4 is 10.4 Å². The Morgan fingerprint density at radius 2 is 2.22 bits per heavy atom. The molecule has 5 heteroatoms. The maximum Gasteiger partial charge on any atom is 0.169 e. The number of amides is 1. The van der Waals surface area contributed by atoms with Crippen LogP contribution in [0.4, 0.5) is 4.79 Å². The molecule has 0 bridgehead atoms. The summed E-state index contributed by atoms with van der Waals surface area (Å²) in [6, 6.07) is -0.101. The van der Waals surface area contributed by atoms with Crippen LogP contribution in [0.25, 0.3) is 0 Å². The normalized spacial score (nSPS) is 30.9. The van der Waals surface area contributed by atoms with Gasteiger partial charge in [-0.3, -0.25) is 0 Å². The Morgan fingerprint density at radius 1 is 1.50 bits per heavy atom. The van der Waals surface area contributed by atoms with Crippen molar-refractivity contribution in [3.63, 3.8) is 0 Å². The molecular weight excluding hydrogens is 234 g/mol. The molecule has 1 spiro atoms. The summed E-state index contributed by atoms with van der Waals surface area (Å²) >= 11 is 0. The highest BCUT2D eigenvalue weighted by molar-refractivity contribution is 5.62. The fraction of sp³-hybridized carbons (Fsp3) is 0.769. The van der Waals surface area contributed by atoms with Gasteiger partial charge in [-0.15, -0.1) is 0 Å². The minimum absolute atomic E-state index is 0.101. The smallest absolute Gasteiger partial charge is 0.169 e. The number of hydrogen-bond donors (Lipinski definition) is 1. The van der Waals surface area contributed by atoms with Gasteiger partial charge in [-0.05, 0) is 12.8 Å². The number of carbonyl (C=O) groups excluding carboxylic acids is 1. The Bertz CT molecular complexity index is 323. The van der Waals surface area contributed by atoms with Crippen molar-refractivity contribution in [2.24, 2.45) is 5.92 Å². The average molecular weight is 254 g/mol. The number of carbonyl (C=O) groups is 1. The van der Waals surface area contributed by atoms with Gasteiger partial charge in [0.2, 0.25) is 0 Å². The van der Waals surface area contributed by atoms with Crippen molar-refractivity contribution in [1.82, 2.24) is 5.32 Å². The zero-order valence-corrected chi connectivity index (χ0v) is 10.7. The highest BCUT2D eigenvalue weighted by Gasteiger charge is 2.44. The highest BCUT2D eigenvalue weighted by Crippen LogP contribution is 2.39. The Kier molecular flexibility index (Phi) is 4.24. The van der Waals surface area contributed by atoms with Crippen LogP contribution in [0.3, 0.4) is 0 Å². The number of ether oxygens (including phenoxy) is 2. The fourth-order valence-corrected chi connectivity index (χ4v) is 2.80. The molecule has 0 unspecified atom stereocenters. The predicted octanol–water partition coefficient (Wildman–Crippen LogP) is 0.797. The molecule has 1 N–H and O–H groups in total. The van der Waals surface area contributed by atoms with Gasteiger partial charge in [0, 0.05) is 24.8 Å². The summed E-state index contributed by atoms with van der Waals surface area (Å²) in [5.41, 5.74) is 0. The summed E-state index contributed by atoms with van der Waals surface area (Å²) in [5, 5.41) is 13.2. The first-order valence-corrected chi connectivity index (χ1v) is 6.57. The molecule has 1 saturated heterocycles. The maximum atomic E-state index is 10.7. The van der Waals surface area contributed by atoms with Gasteiger partial charge in [0.05, 0.1) is 13.2 Å². The van der Waals surface area contributed by atoms with E-state index in [-0.39, 0.29) is 12.0 Å². The van der Waals surface area contributed by atoms with Crippen molar-refractivity contribution in [1.29, 1.82) is 0 Å². The summed E-state index contributed by atoms with van der Waals surface area (Å²) in [7, 11) is 0. The molecule has 1 heterocycles. The van der Waals surface area contributed by atoms with Gasteiger partial charge in [-0.25, -0.2) is 0 Å². The van der Waals surface area contributed by atoms with Crippen molar-refractivity contribution < 1.29 is 19.4 Å². The van der Waals surface area contributed by atoms with Crippen LogP contribution in [0.1, 0.15) is 32.6 Å². The quantitative estimate of drug-likeness (QED) is 0.756. The van der Waals surface area contributed by atoms with Gasteiger partial charge in [-0.1, -0.05) is 19.1 Å². The van der Waals surface area contributed by atoms with Gasteiger partial charge in [0.25, 0.3) is 0 Å².